The summed E-state index contributed by atoms with van der Waals surface area (Å²) in [6, 6.07) is 10.5. The number of benzene rings is 2. The van der Waals surface area contributed by atoms with Crippen molar-refractivity contribution < 1.29 is 64.2 Å². The lowest BCUT2D eigenvalue weighted by molar-refractivity contribution is -0.878. The number of allylic oxidation sites excluding steroid dienone is 5. The zero-order valence-electron chi connectivity index (χ0n) is 39.7. The highest BCUT2D eigenvalue weighted by Crippen LogP contribution is 2.49. The molecule has 0 bridgehead atoms. The molecule has 4 aliphatic rings. The van der Waals surface area contributed by atoms with Gasteiger partial charge in [0.15, 0.2) is 11.5 Å². The smallest absolute Gasteiger partial charge is 0.333 e. The normalized spacial score (nSPS) is 19.7. The van der Waals surface area contributed by atoms with Crippen molar-refractivity contribution in [3.05, 3.63) is 88.3 Å². The Bertz CT molecular complexity index is 2720. The van der Waals surface area contributed by atoms with E-state index in [0.717, 1.165) is 41.1 Å². The maximum atomic E-state index is 14.6. The summed E-state index contributed by atoms with van der Waals surface area (Å²) in [5.74, 6) is -4.06. The van der Waals surface area contributed by atoms with Gasteiger partial charge in [-0.3, -0.25) is 19.2 Å². The summed E-state index contributed by atoms with van der Waals surface area (Å²) in [7, 11) is -6.16. The predicted octanol–water partition coefficient (Wildman–Crippen LogP) is 2.53. The van der Waals surface area contributed by atoms with Gasteiger partial charge >= 0.3 is 5.97 Å². The summed E-state index contributed by atoms with van der Waals surface area (Å²) < 4.78 is 75.1. The number of hydrogen-bond acceptors (Lipinski definition) is 14. The molecule has 3 amide bonds. The van der Waals surface area contributed by atoms with Crippen LogP contribution in [0.2, 0.25) is 0 Å². The van der Waals surface area contributed by atoms with Crippen molar-refractivity contribution in [2.45, 2.75) is 114 Å². The molecule has 2 aromatic rings. The highest BCUT2D eigenvalue weighted by molar-refractivity contribution is 7.86. The first-order chi connectivity index (χ1) is 31.9. The highest BCUT2D eigenvalue weighted by Gasteiger charge is 2.47. The summed E-state index contributed by atoms with van der Waals surface area (Å²) in [5.41, 5.74) is 3.50. The standard InChI is InChI=1S/C48H62N6O12S2/c1-8-9-14-25-53-38-17-13-12-16-34(38)47(2,3)40(53)29-33-44(32(45(33)58)28-39-48(4,5)35-27-31(68(63,64)65)19-20-37(35)52(39)7)50-36(30-67(60,61)62)46(59)49-23-26-51(6)24-15-10-11-18-43(57)66-54-41(55)21-22-42(54)56/h12-13,16-17,19-20,27-29,36H,8-11,14-15,18,21-26,30H2,1-7H3,(H3-,49,50,58,59,60,61,62,63,64,65). The van der Waals surface area contributed by atoms with Crippen LogP contribution in [0.3, 0.4) is 0 Å². The van der Waals surface area contributed by atoms with Crippen molar-refractivity contribution >= 4 is 66.8 Å². The SMILES string of the molecule is CCCCCN1/C(=C/C2=C(NC(CS(=O)(=O)[O-])C(=O)NCC[NH+](C)CCCCCC(=O)ON3C(=O)CCC3=O)C(=C/C3=[N+](C)c4ccc(S(=O)(=O)[O-])cc4C3(C)C)/C2=O)C(C)(C)c2ccccc21. The van der Waals surface area contributed by atoms with E-state index in [1.807, 2.05) is 45.2 Å². The Kier molecular flexibility index (Phi) is 15.7. The molecule has 1 fully saturated rings. The van der Waals surface area contributed by atoms with E-state index in [-0.39, 0.29) is 42.7 Å². The van der Waals surface area contributed by atoms with Crippen LogP contribution in [0.25, 0.3) is 0 Å². The van der Waals surface area contributed by atoms with Gasteiger partial charge < -0.3 is 34.4 Å². The van der Waals surface area contributed by atoms with Crippen molar-refractivity contribution in [2.24, 2.45) is 0 Å². The number of rotatable bonds is 22. The number of quaternary nitrogens is 1. The molecule has 2 aromatic carbocycles. The minimum absolute atomic E-state index is 0.0129. The van der Waals surface area contributed by atoms with Crippen LogP contribution in [0.4, 0.5) is 11.4 Å². The number of anilines is 1. The van der Waals surface area contributed by atoms with Crippen molar-refractivity contribution in [3.8, 4) is 0 Å². The van der Waals surface area contributed by atoms with E-state index in [4.69, 9.17) is 4.84 Å². The van der Waals surface area contributed by atoms with Gasteiger partial charge in [0.2, 0.25) is 11.6 Å². The lowest BCUT2D eigenvalue weighted by atomic mass is 9.76. The van der Waals surface area contributed by atoms with E-state index in [0.29, 0.717) is 60.9 Å². The second-order valence-corrected chi connectivity index (χ2v) is 21.8. The minimum atomic E-state index is -5.01. The molecule has 18 nitrogen and oxygen atoms in total. The van der Waals surface area contributed by atoms with E-state index in [1.165, 1.54) is 18.2 Å². The number of para-hydroxylation sites is 1. The number of hydroxylamine groups is 2. The topological polar surface area (TPSA) is 247 Å². The number of hydrogen-bond donors (Lipinski definition) is 3. The Hall–Kier alpha value is -5.54. The van der Waals surface area contributed by atoms with Crippen molar-refractivity contribution in [2.75, 3.05) is 50.9 Å². The molecule has 368 valence electrons. The third-order valence-electron chi connectivity index (χ3n) is 13.2. The predicted molar refractivity (Wildman–Crippen MR) is 250 cm³/mol. The van der Waals surface area contributed by atoms with Crippen LogP contribution in [0, 0.1) is 0 Å². The number of amides is 3. The first-order valence-electron chi connectivity index (χ1n) is 23.0. The largest absolute Gasteiger partial charge is 0.748 e. The molecule has 3 heterocycles. The maximum Gasteiger partial charge on any atom is 0.333 e. The molecule has 20 heteroatoms. The van der Waals surface area contributed by atoms with Crippen LogP contribution in [-0.2, 0) is 59.9 Å². The van der Waals surface area contributed by atoms with Crippen molar-refractivity contribution in [1.82, 2.24) is 15.7 Å². The number of imide groups is 1. The summed E-state index contributed by atoms with van der Waals surface area (Å²) >= 11 is 0. The molecule has 2 unspecified atom stereocenters. The van der Waals surface area contributed by atoms with Crippen molar-refractivity contribution in [3.63, 3.8) is 0 Å². The average Bonchev–Trinajstić information content (AvgIpc) is 3.76. The molecule has 2 atom stereocenters. The van der Waals surface area contributed by atoms with Crippen LogP contribution < -0.4 is 20.4 Å². The zero-order valence-corrected chi connectivity index (χ0v) is 41.4. The fraction of sp³-hybridized carbons (Fsp3) is 0.500. The number of unbranched alkanes of at least 4 members (excludes halogenated alkanes) is 4. The molecule has 3 aliphatic heterocycles. The Morgan fingerprint density at radius 2 is 1.59 bits per heavy atom. The molecule has 0 saturated carbocycles. The van der Waals surface area contributed by atoms with Gasteiger partial charge in [-0.1, -0.05) is 51.8 Å². The van der Waals surface area contributed by atoms with Gasteiger partial charge in [0.05, 0.1) is 64.1 Å². The Morgan fingerprint density at radius 3 is 2.25 bits per heavy atom. The number of Topliss-reactive ketones (excluding diaryl/α,β-unsaturated/α-hetero) is 1. The van der Waals surface area contributed by atoms with Gasteiger partial charge in [0.1, 0.15) is 23.2 Å². The number of carbonyl (C=O) groups excluding carboxylic acids is 5. The molecule has 68 heavy (non-hydrogen) atoms. The molecular weight excluding hydrogens is 917 g/mol. The average molecular weight is 979 g/mol. The van der Waals surface area contributed by atoms with Crippen molar-refractivity contribution in [1.29, 1.82) is 0 Å². The van der Waals surface area contributed by atoms with Gasteiger partial charge in [-0.2, -0.15) is 4.58 Å². The van der Waals surface area contributed by atoms with Crippen LogP contribution in [0.5, 0.6) is 0 Å². The van der Waals surface area contributed by atoms with Gasteiger partial charge in [0.25, 0.3) is 11.8 Å². The van der Waals surface area contributed by atoms with E-state index in [9.17, 15) is 49.9 Å². The fourth-order valence-electron chi connectivity index (χ4n) is 9.34. The van der Waals surface area contributed by atoms with Crippen LogP contribution >= 0.6 is 0 Å². The third kappa shape index (κ3) is 11.3. The maximum absolute atomic E-state index is 14.6. The Labute approximate surface area is 398 Å². The first kappa shape index (κ1) is 51.8. The van der Waals surface area contributed by atoms with Gasteiger partial charge in [-0.05, 0) is 69.4 Å². The van der Waals surface area contributed by atoms with E-state index >= 15 is 0 Å². The molecule has 1 aliphatic carbocycles. The quantitative estimate of drug-likeness (QED) is 0.0505. The molecular formula is C48H62N6O12S2. The van der Waals surface area contributed by atoms with E-state index in [2.05, 4.69) is 36.3 Å². The number of nitrogens with zero attached hydrogens (tertiary/aromatic N) is 3. The molecule has 6 rings (SSSR count). The van der Waals surface area contributed by atoms with E-state index in [1.54, 1.807) is 23.8 Å². The van der Waals surface area contributed by atoms with Gasteiger partial charge in [0, 0.05) is 65.9 Å². The Morgan fingerprint density at radius 1 is 0.897 bits per heavy atom. The molecule has 0 spiro atoms. The zero-order chi connectivity index (χ0) is 49.9. The second kappa shape index (κ2) is 20.6. The molecule has 0 radical (unpaired) electrons. The van der Waals surface area contributed by atoms with Crippen LogP contribution in [0.1, 0.15) is 104 Å². The summed E-state index contributed by atoms with van der Waals surface area (Å²) in [6.07, 6.45) is 8.11. The number of ketones is 1. The minimum Gasteiger partial charge on any atom is -0.748 e. The van der Waals surface area contributed by atoms with Crippen LogP contribution in [-0.4, -0.2) is 123 Å². The summed E-state index contributed by atoms with van der Waals surface area (Å²) in [6.45, 7) is 11.7. The number of fused-ring (bicyclic) bond motifs is 2. The lowest BCUT2D eigenvalue weighted by Gasteiger charge is -2.33. The molecule has 3 N–H and O–H groups in total. The molecule has 1 saturated heterocycles. The highest BCUT2D eigenvalue weighted by atomic mass is 32.2. The number of nitrogens with one attached hydrogen (secondary N) is 3. The Balaban J connectivity index is 1.25. The second-order valence-electron chi connectivity index (χ2n) is 18.9. The van der Waals surface area contributed by atoms with Crippen LogP contribution in [0.15, 0.2) is 82.1 Å². The lowest BCUT2D eigenvalue weighted by Crippen LogP contribution is -3.09. The first-order valence-corrected chi connectivity index (χ1v) is 26.0. The molecule has 0 aromatic heterocycles. The van der Waals surface area contributed by atoms with E-state index < -0.39 is 77.2 Å². The fourth-order valence-corrected chi connectivity index (χ4v) is 10.5. The summed E-state index contributed by atoms with van der Waals surface area (Å²) in [4.78, 5) is 71.8. The van der Waals surface area contributed by atoms with Gasteiger partial charge in [-0.25, -0.2) is 21.6 Å². The monoisotopic (exact) mass is 978 g/mol. The third-order valence-corrected chi connectivity index (χ3v) is 14.8. The summed E-state index contributed by atoms with van der Waals surface area (Å²) in [5, 5.41) is 6.30. The number of likely N-dealkylation sites (N-methyl/N-ethyl adjacent to an activating group) is 1. The number of carbonyl (C=O) groups is 5. The van der Waals surface area contributed by atoms with Gasteiger partial charge in [-0.15, -0.1) is 5.06 Å².